The van der Waals surface area contributed by atoms with Crippen LogP contribution in [0.2, 0.25) is 57.0 Å². The minimum Gasteiger partial charge on any atom is -0.437 e. The second-order valence-corrected chi connectivity index (χ2v) is 22.9. The summed E-state index contributed by atoms with van der Waals surface area (Å²) in [6.07, 6.45) is 1.03. The van der Waals surface area contributed by atoms with E-state index in [0.717, 1.165) is 29.9 Å². The lowest BCUT2D eigenvalue weighted by Crippen LogP contribution is -2.54. The molecule has 120 valence electrons. The maximum atomic E-state index is 11.9. The molecule has 0 radical (unpaired) electrons. The van der Waals surface area contributed by atoms with Gasteiger partial charge in [0.05, 0.1) is 0 Å². The van der Waals surface area contributed by atoms with Gasteiger partial charge in [-0.3, -0.25) is 0 Å². The number of hydrogen-bond acceptors (Lipinski definition) is 4. The molecule has 0 aliphatic carbocycles. The molecule has 0 amide bonds. The predicted octanol–water partition coefficient (Wildman–Crippen LogP) is 4.43. The molecule has 0 saturated heterocycles. The molecule has 20 heavy (non-hydrogen) atoms. The molecular weight excluding hydrogens is 337 g/mol. The Morgan fingerprint density at radius 2 is 1.60 bits per heavy atom. The fraction of sp³-hybridized carbons (Fsp3) is 1.00. The Bertz CT molecular complexity index is 320. The van der Waals surface area contributed by atoms with Crippen LogP contribution >= 0.6 is 12.6 Å². The van der Waals surface area contributed by atoms with E-state index in [9.17, 15) is 4.46 Å². The van der Waals surface area contributed by atoms with Crippen molar-refractivity contribution in [3.05, 3.63) is 0 Å². The minimum atomic E-state index is -2.17. The largest absolute Gasteiger partial charge is 0.437 e. The molecule has 0 aliphatic heterocycles. The van der Waals surface area contributed by atoms with Crippen molar-refractivity contribution < 1.29 is 12.7 Å². The highest BCUT2D eigenvalue weighted by Crippen LogP contribution is 2.27. The van der Waals surface area contributed by atoms with Gasteiger partial charge >= 0.3 is 8.56 Å². The highest BCUT2D eigenvalue weighted by Gasteiger charge is 2.42. The summed E-state index contributed by atoms with van der Waals surface area (Å²) < 4.78 is 24.9. The second-order valence-electron chi connectivity index (χ2n) is 7.11. The maximum Gasteiger partial charge on any atom is 0.314 e. The van der Waals surface area contributed by atoms with Crippen molar-refractivity contribution in [2.75, 3.05) is 5.75 Å². The van der Waals surface area contributed by atoms with E-state index >= 15 is 0 Å². The van der Waals surface area contributed by atoms with E-state index in [2.05, 4.69) is 51.9 Å². The molecule has 1 unspecified atom stereocenters. The second kappa shape index (κ2) is 8.54. The van der Waals surface area contributed by atoms with E-state index in [-0.39, 0.29) is 0 Å². The molecule has 0 aromatic heterocycles. The first-order chi connectivity index (χ1) is 8.93. The Hall–Kier alpha value is 0.938. The summed E-state index contributed by atoms with van der Waals surface area (Å²) in [6, 6.07) is 1.78. The van der Waals surface area contributed by atoms with Crippen molar-refractivity contribution in [3.63, 3.8) is 0 Å². The van der Waals surface area contributed by atoms with Crippen LogP contribution in [0.15, 0.2) is 0 Å². The molecule has 0 bridgehead atoms. The van der Waals surface area contributed by atoms with Crippen molar-refractivity contribution in [3.8, 4) is 0 Å². The van der Waals surface area contributed by atoms with Gasteiger partial charge in [0.15, 0.2) is 16.6 Å². The monoisotopic (exact) mass is 368 g/mol. The van der Waals surface area contributed by atoms with Gasteiger partial charge < -0.3 is 12.7 Å². The first-order valence-corrected chi connectivity index (χ1v) is 19.0. The molecule has 0 fully saturated rings. The van der Waals surface area contributed by atoms with Crippen LogP contribution in [0.25, 0.3) is 0 Å². The molecule has 0 heterocycles. The fourth-order valence-electron chi connectivity index (χ4n) is 2.39. The molecule has 0 saturated carbocycles. The van der Waals surface area contributed by atoms with E-state index in [0.29, 0.717) is 0 Å². The SMILES string of the molecule is CC[Si](=O)C[Si](C)(C)O[Si](C)(CCCS)O[Si](C)(C)C. The molecular formula is C12H32O3SSi4. The summed E-state index contributed by atoms with van der Waals surface area (Å²) >= 11 is 4.31. The van der Waals surface area contributed by atoms with Crippen LogP contribution in [0.5, 0.6) is 0 Å². The zero-order valence-corrected chi connectivity index (χ0v) is 19.1. The summed E-state index contributed by atoms with van der Waals surface area (Å²) in [7, 11) is -7.17. The maximum absolute atomic E-state index is 11.9. The number of thiol groups is 1. The van der Waals surface area contributed by atoms with Crippen LogP contribution in [0, 0.1) is 0 Å². The van der Waals surface area contributed by atoms with Gasteiger partial charge in [-0.25, -0.2) is 0 Å². The third-order valence-electron chi connectivity index (χ3n) is 2.82. The molecule has 8 heteroatoms. The molecule has 0 aliphatic rings. The van der Waals surface area contributed by atoms with E-state index in [1.54, 1.807) is 0 Å². The lowest BCUT2D eigenvalue weighted by Gasteiger charge is -2.39. The summed E-state index contributed by atoms with van der Waals surface area (Å²) in [5.74, 6) is 0.870. The van der Waals surface area contributed by atoms with Gasteiger partial charge in [-0.1, -0.05) is 6.92 Å². The summed E-state index contributed by atoms with van der Waals surface area (Å²) in [4.78, 5) is 0. The van der Waals surface area contributed by atoms with Gasteiger partial charge in [0.25, 0.3) is 8.68 Å². The van der Waals surface area contributed by atoms with Gasteiger partial charge in [-0.05, 0) is 63.5 Å². The summed E-state index contributed by atoms with van der Waals surface area (Å²) in [5.41, 5.74) is 0.784. The Morgan fingerprint density at radius 3 is 2.00 bits per heavy atom. The van der Waals surface area contributed by atoms with Gasteiger partial charge in [-0.15, -0.1) is 0 Å². The summed E-state index contributed by atoms with van der Waals surface area (Å²) in [6.45, 7) is 15.2. The highest BCUT2D eigenvalue weighted by atomic mass is 32.1. The van der Waals surface area contributed by atoms with E-state index in [1.165, 1.54) is 0 Å². The van der Waals surface area contributed by atoms with Crippen LogP contribution in [0.3, 0.4) is 0 Å². The standard InChI is InChI=1S/C12H32O3SSi4/c1-8-17(13)12-19(5,6)15-20(7,11-9-10-16)14-18(2,3)4/h16H,8-12H2,1-7H3. The Labute approximate surface area is 135 Å². The lowest BCUT2D eigenvalue weighted by atomic mass is 10.6. The molecule has 3 nitrogen and oxygen atoms in total. The lowest BCUT2D eigenvalue weighted by molar-refractivity contribution is 0.381. The zero-order valence-electron chi connectivity index (χ0n) is 14.2. The van der Waals surface area contributed by atoms with Crippen LogP contribution in [-0.4, -0.2) is 39.6 Å². The van der Waals surface area contributed by atoms with Crippen LogP contribution in [0.1, 0.15) is 13.3 Å². The quantitative estimate of drug-likeness (QED) is 0.457. The third-order valence-corrected chi connectivity index (χ3v) is 18.3. The number of rotatable bonds is 10. The fourth-order valence-corrected chi connectivity index (χ4v) is 20.6. The number of hydrogen-bond donors (Lipinski definition) is 1. The molecule has 0 aromatic carbocycles. The molecule has 0 aromatic rings. The molecule has 1 atom stereocenters. The average molecular weight is 369 g/mol. The smallest absolute Gasteiger partial charge is 0.314 e. The molecule has 0 rings (SSSR count). The topological polar surface area (TPSA) is 35.5 Å². The normalized spacial score (nSPS) is 16.0. The third kappa shape index (κ3) is 9.80. The van der Waals surface area contributed by atoms with Gasteiger partial charge in [0, 0.05) is 5.67 Å². The molecule has 0 spiro atoms. The first kappa shape index (κ1) is 20.9. The van der Waals surface area contributed by atoms with Crippen LogP contribution in [0.4, 0.5) is 0 Å². The van der Waals surface area contributed by atoms with E-state index in [1.807, 2.05) is 6.92 Å². The van der Waals surface area contributed by atoms with Crippen molar-refractivity contribution in [1.29, 1.82) is 0 Å². The Balaban J connectivity index is 4.90. The predicted molar refractivity (Wildman–Crippen MR) is 99.6 cm³/mol. The van der Waals surface area contributed by atoms with Crippen LogP contribution in [-0.2, 0) is 12.7 Å². The van der Waals surface area contributed by atoms with E-state index in [4.69, 9.17) is 8.23 Å². The van der Waals surface area contributed by atoms with Gasteiger partial charge in [-0.2, -0.15) is 12.6 Å². The first-order valence-electron chi connectivity index (χ1n) is 7.46. The van der Waals surface area contributed by atoms with Crippen molar-refractivity contribution in [2.45, 2.75) is 70.4 Å². The van der Waals surface area contributed by atoms with Gasteiger partial charge in [0.1, 0.15) is 0 Å². The minimum absolute atomic E-state index is 0.784. The van der Waals surface area contributed by atoms with Crippen LogP contribution < -0.4 is 0 Å². The van der Waals surface area contributed by atoms with Crippen molar-refractivity contribution >= 4 is 46.5 Å². The average Bonchev–Trinajstić information content (AvgIpc) is 2.21. The Morgan fingerprint density at radius 1 is 1.05 bits per heavy atom. The zero-order chi connectivity index (χ0) is 16.0. The van der Waals surface area contributed by atoms with Crippen molar-refractivity contribution in [2.24, 2.45) is 0 Å². The highest BCUT2D eigenvalue weighted by molar-refractivity contribution is 7.80. The summed E-state index contributed by atoms with van der Waals surface area (Å²) in [5, 5.41) is 0. The van der Waals surface area contributed by atoms with Gasteiger partial charge in [0.2, 0.25) is 0 Å². The Kier molecular flexibility index (Phi) is 8.94. The van der Waals surface area contributed by atoms with E-state index < -0.39 is 33.9 Å². The molecule has 0 N–H and O–H groups in total. The van der Waals surface area contributed by atoms with Crippen molar-refractivity contribution in [1.82, 2.24) is 0 Å².